The predicted molar refractivity (Wildman–Crippen MR) is 67.9 cm³/mol. The Kier molecular flexibility index (Phi) is 4.57. The van der Waals surface area contributed by atoms with Crippen molar-refractivity contribution in [2.24, 2.45) is 0 Å². The van der Waals surface area contributed by atoms with Crippen molar-refractivity contribution in [3.8, 4) is 0 Å². The van der Waals surface area contributed by atoms with E-state index in [1.807, 2.05) is 4.68 Å². The van der Waals surface area contributed by atoms with Crippen LogP contribution in [0.3, 0.4) is 0 Å². The first-order valence-corrected chi connectivity index (χ1v) is 6.66. The van der Waals surface area contributed by atoms with Crippen LogP contribution in [-0.4, -0.2) is 29.0 Å². The second-order valence-corrected chi connectivity index (χ2v) is 4.81. The highest BCUT2D eigenvalue weighted by Gasteiger charge is 2.14. The quantitative estimate of drug-likeness (QED) is 0.823. The van der Waals surface area contributed by atoms with Crippen molar-refractivity contribution in [3.05, 3.63) is 18.0 Å². The maximum absolute atomic E-state index is 5.56. The number of ether oxygens (including phenoxy) is 1. The lowest BCUT2D eigenvalue weighted by Crippen LogP contribution is -2.26. The molecule has 2 rings (SSSR count). The number of hydrogen-bond acceptors (Lipinski definition) is 3. The molecule has 0 radical (unpaired) electrons. The molecule has 0 aliphatic carbocycles. The molecule has 1 aromatic rings. The molecule has 1 aliphatic heterocycles. The van der Waals surface area contributed by atoms with E-state index in [1.54, 1.807) is 0 Å². The Balaban J connectivity index is 1.73. The van der Waals surface area contributed by atoms with Crippen LogP contribution in [0.25, 0.3) is 0 Å². The summed E-state index contributed by atoms with van der Waals surface area (Å²) >= 11 is 0. The zero-order valence-electron chi connectivity index (χ0n) is 10.9. The van der Waals surface area contributed by atoms with Crippen molar-refractivity contribution < 1.29 is 4.74 Å². The van der Waals surface area contributed by atoms with Crippen LogP contribution in [0.1, 0.15) is 44.8 Å². The van der Waals surface area contributed by atoms with E-state index in [0.717, 1.165) is 31.8 Å². The van der Waals surface area contributed by atoms with Gasteiger partial charge < -0.3 is 10.1 Å². The third kappa shape index (κ3) is 3.54. The van der Waals surface area contributed by atoms with Gasteiger partial charge in [0, 0.05) is 31.9 Å². The SMILES string of the molecule is CCC(C)n1ccc(CNCC2CCCO2)n1. The minimum Gasteiger partial charge on any atom is -0.377 e. The van der Waals surface area contributed by atoms with Crippen LogP contribution in [0.15, 0.2) is 12.3 Å². The van der Waals surface area contributed by atoms with Crippen molar-refractivity contribution in [1.29, 1.82) is 0 Å². The van der Waals surface area contributed by atoms with E-state index in [9.17, 15) is 0 Å². The lowest BCUT2D eigenvalue weighted by atomic mass is 10.2. The molecule has 2 heterocycles. The first kappa shape index (κ1) is 12.6. The second kappa shape index (κ2) is 6.17. The third-order valence-electron chi connectivity index (χ3n) is 3.41. The lowest BCUT2D eigenvalue weighted by Gasteiger charge is -2.10. The van der Waals surface area contributed by atoms with Crippen molar-refractivity contribution in [3.63, 3.8) is 0 Å². The van der Waals surface area contributed by atoms with Gasteiger partial charge in [-0.05, 0) is 32.3 Å². The van der Waals surface area contributed by atoms with E-state index in [-0.39, 0.29) is 0 Å². The normalized spacial score (nSPS) is 21.9. The molecule has 0 saturated carbocycles. The molecular formula is C13H23N3O. The molecule has 1 aliphatic rings. The van der Waals surface area contributed by atoms with Gasteiger partial charge in [0.25, 0.3) is 0 Å². The maximum Gasteiger partial charge on any atom is 0.0762 e. The number of aromatic nitrogens is 2. The average molecular weight is 237 g/mol. The summed E-state index contributed by atoms with van der Waals surface area (Å²) in [7, 11) is 0. The fourth-order valence-electron chi connectivity index (χ4n) is 2.07. The van der Waals surface area contributed by atoms with E-state index >= 15 is 0 Å². The van der Waals surface area contributed by atoms with Crippen molar-refractivity contribution in [1.82, 2.24) is 15.1 Å². The number of nitrogens with one attached hydrogen (secondary N) is 1. The summed E-state index contributed by atoms with van der Waals surface area (Å²) in [6, 6.07) is 2.58. The minimum absolute atomic E-state index is 0.409. The summed E-state index contributed by atoms with van der Waals surface area (Å²) in [6.07, 6.45) is 5.98. The number of hydrogen-bond donors (Lipinski definition) is 1. The topological polar surface area (TPSA) is 39.1 Å². The molecule has 96 valence electrons. The van der Waals surface area contributed by atoms with Crippen LogP contribution < -0.4 is 5.32 Å². The van der Waals surface area contributed by atoms with Crippen molar-refractivity contribution in [2.45, 2.75) is 51.8 Å². The Labute approximate surface area is 103 Å². The van der Waals surface area contributed by atoms with Crippen LogP contribution in [0.5, 0.6) is 0 Å². The van der Waals surface area contributed by atoms with E-state index in [4.69, 9.17) is 4.74 Å². The summed E-state index contributed by atoms with van der Waals surface area (Å²) in [5.41, 5.74) is 1.11. The highest BCUT2D eigenvalue weighted by molar-refractivity contribution is 4.99. The zero-order chi connectivity index (χ0) is 12.1. The van der Waals surface area contributed by atoms with E-state index in [2.05, 4.69) is 36.5 Å². The first-order valence-electron chi connectivity index (χ1n) is 6.66. The van der Waals surface area contributed by atoms with Gasteiger partial charge >= 0.3 is 0 Å². The van der Waals surface area contributed by atoms with Gasteiger partial charge in [0.1, 0.15) is 0 Å². The van der Waals surface area contributed by atoms with E-state index < -0.39 is 0 Å². The molecule has 1 aromatic heterocycles. The van der Waals surface area contributed by atoms with Gasteiger partial charge in [0.2, 0.25) is 0 Å². The predicted octanol–water partition coefficient (Wildman–Crippen LogP) is 2.12. The van der Waals surface area contributed by atoms with Crippen LogP contribution in [0.4, 0.5) is 0 Å². The monoisotopic (exact) mass is 237 g/mol. The molecule has 0 aromatic carbocycles. The summed E-state index contributed by atoms with van der Waals surface area (Å²) in [5, 5.41) is 7.97. The highest BCUT2D eigenvalue weighted by Crippen LogP contribution is 2.11. The fraction of sp³-hybridized carbons (Fsp3) is 0.769. The molecule has 0 bridgehead atoms. The van der Waals surface area contributed by atoms with E-state index in [0.29, 0.717) is 12.1 Å². The molecule has 1 fully saturated rings. The number of nitrogens with zero attached hydrogens (tertiary/aromatic N) is 2. The van der Waals surface area contributed by atoms with Crippen LogP contribution in [-0.2, 0) is 11.3 Å². The average Bonchev–Trinajstić information content (AvgIpc) is 2.99. The Morgan fingerprint density at radius 1 is 1.65 bits per heavy atom. The summed E-state index contributed by atoms with van der Waals surface area (Å²) < 4.78 is 7.61. The highest BCUT2D eigenvalue weighted by atomic mass is 16.5. The minimum atomic E-state index is 0.409. The zero-order valence-corrected chi connectivity index (χ0v) is 10.9. The van der Waals surface area contributed by atoms with Gasteiger partial charge in [0.05, 0.1) is 11.8 Å². The van der Waals surface area contributed by atoms with Gasteiger partial charge in [-0.15, -0.1) is 0 Å². The Hall–Kier alpha value is -0.870. The molecule has 1 N–H and O–H groups in total. The van der Waals surface area contributed by atoms with Crippen LogP contribution >= 0.6 is 0 Å². The Bertz CT molecular complexity index is 331. The molecule has 17 heavy (non-hydrogen) atoms. The third-order valence-corrected chi connectivity index (χ3v) is 3.41. The fourth-order valence-corrected chi connectivity index (χ4v) is 2.07. The maximum atomic E-state index is 5.56. The molecular weight excluding hydrogens is 214 g/mol. The molecule has 0 spiro atoms. The van der Waals surface area contributed by atoms with Crippen molar-refractivity contribution >= 4 is 0 Å². The summed E-state index contributed by atoms with van der Waals surface area (Å²) in [6.45, 7) is 7.08. The van der Waals surface area contributed by atoms with Gasteiger partial charge in [-0.25, -0.2) is 0 Å². The van der Waals surface area contributed by atoms with Crippen LogP contribution in [0.2, 0.25) is 0 Å². The van der Waals surface area contributed by atoms with Gasteiger partial charge in [-0.1, -0.05) is 6.92 Å². The smallest absolute Gasteiger partial charge is 0.0762 e. The van der Waals surface area contributed by atoms with E-state index in [1.165, 1.54) is 12.8 Å². The molecule has 2 atom stereocenters. The molecule has 4 nitrogen and oxygen atoms in total. The second-order valence-electron chi connectivity index (χ2n) is 4.81. The molecule has 4 heteroatoms. The lowest BCUT2D eigenvalue weighted by molar-refractivity contribution is 0.110. The van der Waals surface area contributed by atoms with Gasteiger partial charge in [0.15, 0.2) is 0 Å². The molecule has 0 amide bonds. The first-order chi connectivity index (χ1) is 8.29. The van der Waals surface area contributed by atoms with Gasteiger partial charge in [-0.3, -0.25) is 4.68 Å². The Morgan fingerprint density at radius 3 is 3.24 bits per heavy atom. The Morgan fingerprint density at radius 2 is 2.53 bits per heavy atom. The summed E-state index contributed by atoms with van der Waals surface area (Å²) in [4.78, 5) is 0. The standard InChI is InChI=1S/C13H23N3O/c1-3-11(2)16-7-6-12(15-16)9-14-10-13-5-4-8-17-13/h6-7,11,13-14H,3-5,8-10H2,1-2H3. The largest absolute Gasteiger partial charge is 0.377 e. The van der Waals surface area contributed by atoms with Gasteiger partial charge in [-0.2, -0.15) is 5.10 Å². The summed E-state index contributed by atoms with van der Waals surface area (Å²) in [5.74, 6) is 0. The molecule has 2 unspecified atom stereocenters. The van der Waals surface area contributed by atoms with Crippen molar-refractivity contribution in [2.75, 3.05) is 13.2 Å². The molecule has 1 saturated heterocycles. The number of rotatable bonds is 6. The van der Waals surface area contributed by atoms with Crippen LogP contribution in [0, 0.1) is 0 Å².